The van der Waals surface area contributed by atoms with Gasteiger partial charge in [0.25, 0.3) is 5.91 Å². The lowest BCUT2D eigenvalue weighted by atomic mass is 10.1. The fourth-order valence-electron chi connectivity index (χ4n) is 4.84. The van der Waals surface area contributed by atoms with Gasteiger partial charge in [-0.15, -0.1) is 0 Å². The highest BCUT2D eigenvalue weighted by molar-refractivity contribution is 7.89. The van der Waals surface area contributed by atoms with Gasteiger partial charge in [-0.25, -0.2) is 8.42 Å². The number of sulfonamides is 1. The first-order valence-corrected chi connectivity index (χ1v) is 15.1. The summed E-state index contributed by atoms with van der Waals surface area (Å²) < 4.78 is 34.9. The van der Waals surface area contributed by atoms with E-state index in [9.17, 15) is 18.0 Å². The number of nitrogens with one attached hydrogen (secondary N) is 1. The Morgan fingerprint density at radius 2 is 1.55 bits per heavy atom. The Bertz CT molecular complexity index is 1670. The number of anilines is 1. The normalized spacial score (nSPS) is 14.6. The van der Waals surface area contributed by atoms with Gasteiger partial charge in [0, 0.05) is 13.1 Å². The van der Waals surface area contributed by atoms with Crippen molar-refractivity contribution in [2.45, 2.75) is 37.9 Å². The van der Waals surface area contributed by atoms with E-state index < -0.39 is 28.6 Å². The predicted molar refractivity (Wildman–Crippen MR) is 161 cm³/mol. The van der Waals surface area contributed by atoms with Gasteiger partial charge >= 0.3 is 0 Å². The molecule has 0 unspecified atom stereocenters. The number of para-hydroxylation sites is 2. The molecule has 1 heterocycles. The van der Waals surface area contributed by atoms with Crippen molar-refractivity contribution < 1.29 is 22.7 Å². The summed E-state index contributed by atoms with van der Waals surface area (Å²) in [7, 11) is -4.03. The molecule has 1 atom stereocenters. The molecule has 1 aliphatic rings. The first-order valence-electron chi connectivity index (χ1n) is 13.7. The fourth-order valence-corrected chi connectivity index (χ4v) is 6.22. The Morgan fingerprint density at radius 3 is 2.29 bits per heavy atom. The van der Waals surface area contributed by atoms with E-state index in [1.165, 1.54) is 9.21 Å². The topological polar surface area (TPSA) is 96.0 Å². The minimum Gasteiger partial charge on any atom is -0.477 e. The van der Waals surface area contributed by atoms with Crippen LogP contribution in [-0.4, -0.2) is 43.7 Å². The summed E-state index contributed by atoms with van der Waals surface area (Å²) in [5.41, 5.74) is 4.09. The fraction of sp³-hybridized carbons (Fsp3) is 0.212. The monoisotopic (exact) mass is 583 g/mol. The molecule has 0 fully saturated rings. The summed E-state index contributed by atoms with van der Waals surface area (Å²) in [5.74, 6) is -0.450. The van der Waals surface area contributed by atoms with Crippen molar-refractivity contribution >= 4 is 27.5 Å². The van der Waals surface area contributed by atoms with Crippen LogP contribution in [0.2, 0.25) is 0 Å². The van der Waals surface area contributed by atoms with Gasteiger partial charge in [0.1, 0.15) is 5.75 Å². The number of nitrogens with zero attached hydrogens (tertiary/aromatic N) is 2. The largest absolute Gasteiger partial charge is 0.477 e. The summed E-state index contributed by atoms with van der Waals surface area (Å²) in [6, 6.07) is 30.6. The maximum Gasteiger partial charge on any atom is 0.263 e. The standard InChI is InChI=1S/C33H33N3O5S/c1-24-15-17-28(18-16-24)42(39,40)35(21-27-12-8-9-25(2)19-27)23-32(37)36-22-31(41-30-14-7-6-13-29(30)36)33(38)34-20-26-10-4-3-5-11-26/h3-19,31H,20-23H2,1-2H3,(H,34,38)/t31-/m0/s1. The highest BCUT2D eigenvalue weighted by Gasteiger charge is 2.36. The smallest absolute Gasteiger partial charge is 0.263 e. The molecule has 1 N–H and O–H groups in total. The SMILES string of the molecule is Cc1ccc(S(=O)(=O)N(CC(=O)N2C[C@@H](C(=O)NCc3ccccc3)Oc3ccccc32)Cc2cccc(C)c2)cc1. The molecule has 0 radical (unpaired) electrons. The summed E-state index contributed by atoms with van der Waals surface area (Å²) in [6.45, 7) is 3.66. The zero-order valence-electron chi connectivity index (χ0n) is 23.6. The Hall–Kier alpha value is -4.47. The Kier molecular flexibility index (Phi) is 8.70. The van der Waals surface area contributed by atoms with Crippen molar-refractivity contribution in [2.75, 3.05) is 18.0 Å². The molecule has 0 aromatic heterocycles. The lowest BCUT2D eigenvalue weighted by Gasteiger charge is -2.35. The second kappa shape index (κ2) is 12.6. The summed E-state index contributed by atoms with van der Waals surface area (Å²) in [6.07, 6.45) is -0.966. The zero-order chi connectivity index (χ0) is 29.7. The van der Waals surface area contributed by atoms with Crippen LogP contribution in [0.4, 0.5) is 5.69 Å². The molecule has 2 amide bonds. The molecule has 0 spiro atoms. The lowest BCUT2D eigenvalue weighted by Crippen LogP contribution is -2.52. The van der Waals surface area contributed by atoms with E-state index in [0.717, 1.165) is 22.3 Å². The molecule has 4 aromatic carbocycles. The predicted octanol–water partition coefficient (Wildman–Crippen LogP) is 4.60. The molecule has 0 saturated carbocycles. The lowest BCUT2D eigenvalue weighted by molar-refractivity contribution is -0.128. The van der Waals surface area contributed by atoms with Gasteiger partial charge in [-0.1, -0.05) is 90.0 Å². The number of benzene rings is 4. The Balaban J connectivity index is 1.41. The van der Waals surface area contributed by atoms with Crippen LogP contribution in [0.3, 0.4) is 0 Å². The Morgan fingerprint density at radius 1 is 0.857 bits per heavy atom. The van der Waals surface area contributed by atoms with E-state index in [2.05, 4.69) is 5.32 Å². The van der Waals surface area contributed by atoms with Gasteiger partial charge in [-0.05, 0) is 49.2 Å². The number of hydrogen-bond acceptors (Lipinski definition) is 5. The van der Waals surface area contributed by atoms with Crippen LogP contribution < -0.4 is 15.0 Å². The van der Waals surface area contributed by atoms with Gasteiger partial charge in [0.15, 0.2) is 6.10 Å². The third kappa shape index (κ3) is 6.70. The maximum atomic E-state index is 13.9. The third-order valence-electron chi connectivity index (χ3n) is 7.09. The second-order valence-corrected chi connectivity index (χ2v) is 12.3. The molecule has 0 saturated heterocycles. The Labute approximate surface area is 246 Å². The quantitative estimate of drug-likeness (QED) is 0.311. The average Bonchev–Trinajstić information content (AvgIpc) is 2.99. The van der Waals surface area contributed by atoms with Crippen LogP contribution in [0.5, 0.6) is 5.75 Å². The van der Waals surface area contributed by atoms with Crippen LogP contribution in [-0.2, 0) is 32.7 Å². The summed E-state index contributed by atoms with van der Waals surface area (Å²) >= 11 is 0. The van der Waals surface area contributed by atoms with Gasteiger partial charge in [0.2, 0.25) is 15.9 Å². The van der Waals surface area contributed by atoms with Crippen LogP contribution in [0, 0.1) is 13.8 Å². The first kappa shape index (κ1) is 29.0. The van der Waals surface area contributed by atoms with Crippen LogP contribution in [0.1, 0.15) is 22.3 Å². The third-order valence-corrected chi connectivity index (χ3v) is 8.89. The molecule has 8 nitrogen and oxygen atoms in total. The number of carbonyl (C=O) groups excluding carboxylic acids is 2. The molecule has 4 aromatic rings. The number of aryl methyl sites for hydroxylation is 2. The van der Waals surface area contributed by atoms with E-state index >= 15 is 0 Å². The van der Waals surface area contributed by atoms with E-state index in [0.29, 0.717) is 18.0 Å². The second-order valence-electron chi connectivity index (χ2n) is 10.4. The van der Waals surface area contributed by atoms with Gasteiger partial charge in [-0.3, -0.25) is 9.59 Å². The highest BCUT2D eigenvalue weighted by atomic mass is 32.2. The van der Waals surface area contributed by atoms with Crippen LogP contribution in [0.25, 0.3) is 0 Å². The van der Waals surface area contributed by atoms with Crippen LogP contribution in [0.15, 0.2) is 108 Å². The molecule has 5 rings (SSSR count). The van der Waals surface area contributed by atoms with Crippen molar-refractivity contribution in [3.05, 3.63) is 125 Å². The summed E-state index contributed by atoms with van der Waals surface area (Å²) in [4.78, 5) is 28.6. The molecule has 9 heteroatoms. The summed E-state index contributed by atoms with van der Waals surface area (Å²) in [5, 5.41) is 2.88. The van der Waals surface area contributed by atoms with Crippen molar-refractivity contribution in [3.8, 4) is 5.75 Å². The minimum atomic E-state index is -4.03. The molecular formula is C33H33N3O5S. The molecule has 0 bridgehead atoms. The average molecular weight is 584 g/mol. The maximum absolute atomic E-state index is 13.9. The number of fused-ring (bicyclic) bond motifs is 1. The zero-order valence-corrected chi connectivity index (χ0v) is 24.4. The van der Waals surface area contributed by atoms with E-state index in [1.807, 2.05) is 68.4 Å². The number of ether oxygens (including phenoxy) is 1. The molecule has 0 aliphatic carbocycles. The number of rotatable bonds is 9. The molecule has 42 heavy (non-hydrogen) atoms. The van der Waals surface area contributed by atoms with E-state index in [-0.39, 0.29) is 23.9 Å². The van der Waals surface area contributed by atoms with E-state index in [4.69, 9.17) is 4.74 Å². The van der Waals surface area contributed by atoms with Gasteiger partial charge in [0.05, 0.1) is 23.7 Å². The molecule has 1 aliphatic heterocycles. The van der Waals surface area contributed by atoms with E-state index in [1.54, 1.807) is 48.5 Å². The molecular weight excluding hydrogens is 550 g/mol. The molecule has 216 valence electrons. The first-order chi connectivity index (χ1) is 20.2. The number of amides is 2. The van der Waals surface area contributed by atoms with Crippen molar-refractivity contribution in [1.29, 1.82) is 0 Å². The van der Waals surface area contributed by atoms with Crippen LogP contribution >= 0.6 is 0 Å². The van der Waals surface area contributed by atoms with Crippen molar-refractivity contribution in [2.24, 2.45) is 0 Å². The minimum absolute atomic E-state index is 0.0105. The number of hydrogen-bond donors (Lipinski definition) is 1. The van der Waals surface area contributed by atoms with Crippen molar-refractivity contribution in [1.82, 2.24) is 9.62 Å². The van der Waals surface area contributed by atoms with Crippen molar-refractivity contribution in [3.63, 3.8) is 0 Å². The van der Waals surface area contributed by atoms with Gasteiger partial charge in [-0.2, -0.15) is 4.31 Å². The number of carbonyl (C=O) groups is 2. The van der Waals surface area contributed by atoms with Gasteiger partial charge < -0.3 is 15.0 Å². The highest BCUT2D eigenvalue weighted by Crippen LogP contribution is 2.33.